The summed E-state index contributed by atoms with van der Waals surface area (Å²) >= 11 is 0. The van der Waals surface area contributed by atoms with Gasteiger partial charge in [-0.25, -0.2) is 0 Å². The monoisotopic (exact) mass is 420 g/mol. The molecule has 0 spiro atoms. The second-order valence-corrected chi connectivity index (χ2v) is 7.83. The van der Waals surface area contributed by atoms with E-state index in [9.17, 15) is 9.59 Å². The quantitative estimate of drug-likeness (QED) is 0.458. The van der Waals surface area contributed by atoms with E-state index in [0.29, 0.717) is 16.8 Å². The number of amides is 1. The molecule has 0 aliphatic rings. The van der Waals surface area contributed by atoms with Crippen molar-refractivity contribution in [3.8, 4) is 16.9 Å². The van der Waals surface area contributed by atoms with Gasteiger partial charge in [-0.2, -0.15) is 0 Å². The topological polar surface area (TPSA) is 51.5 Å². The van der Waals surface area contributed by atoms with Crippen LogP contribution in [0.3, 0.4) is 0 Å². The molecule has 1 aromatic heterocycles. The molecule has 0 radical (unpaired) electrons. The number of methoxy groups -OCH3 is 1. The number of pyridine rings is 1. The van der Waals surface area contributed by atoms with Crippen LogP contribution in [0.1, 0.15) is 39.5 Å². The summed E-state index contributed by atoms with van der Waals surface area (Å²) in [6.07, 6.45) is 3.98. The molecule has 1 heterocycles. The molecule has 0 saturated carbocycles. The van der Waals surface area contributed by atoms with E-state index in [0.717, 1.165) is 49.7 Å². The van der Waals surface area contributed by atoms with Crippen LogP contribution >= 0.6 is 0 Å². The molecule has 5 heteroatoms. The Hall–Kier alpha value is -3.08. The van der Waals surface area contributed by atoms with Gasteiger partial charge in [0.1, 0.15) is 12.3 Å². The van der Waals surface area contributed by atoms with Crippen molar-refractivity contribution < 1.29 is 9.53 Å². The number of carbonyl (C=O) groups is 1. The van der Waals surface area contributed by atoms with Crippen LogP contribution in [0.15, 0.2) is 59.4 Å². The zero-order valence-electron chi connectivity index (χ0n) is 18.8. The number of carbonyl (C=O) groups excluding carboxylic acids is 1. The van der Waals surface area contributed by atoms with E-state index in [1.807, 2.05) is 59.5 Å². The number of benzene rings is 2. The number of hydrogen-bond donors (Lipinski definition) is 0. The van der Waals surface area contributed by atoms with Crippen molar-refractivity contribution in [2.45, 2.75) is 46.1 Å². The standard InChI is InChI=1S/C26H32N2O3/c1-4-6-15-27(16-7-5-2)25(29)19-28-24-18-22(31-3)14-13-21(24)17-23(26(28)30)20-11-9-8-10-12-20/h8-14,17-18H,4-7,15-16,19H2,1-3H3. The van der Waals surface area contributed by atoms with Crippen molar-refractivity contribution in [2.75, 3.05) is 20.2 Å². The molecule has 31 heavy (non-hydrogen) atoms. The highest BCUT2D eigenvalue weighted by Gasteiger charge is 2.18. The summed E-state index contributed by atoms with van der Waals surface area (Å²) in [6, 6.07) is 17.2. The van der Waals surface area contributed by atoms with E-state index < -0.39 is 0 Å². The fourth-order valence-electron chi connectivity index (χ4n) is 3.75. The molecule has 0 bridgehead atoms. The molecule has 0 fully saturated rings. The molecule has 0 aliphatic heterocycles. The maximum atomic E-state index is 13.5. The van der Waals surface area contributed by atoms with Crippen molar-refractivity contribution >= 4 is 16.8 Å². The highest BCUT2D eigenvalue weighted by atomic mass is 16.5. The SMILES string of the molecule is CCCCN(CCCC)C(=O)Cn1c(=O)c(-c2ccccc2)cc2ccc(OC)cc21. The van der Waals surface area contributed by atoms with Crippen LogP contribution in [-0.4, -0.2) is 35.6 Å². The smallest absolute Gasteiger partial charge is 0.259 e. The molecule has 0 N–H and O–H groups in total. The predicted octanol–water partition coefficient (Wildman–Crippen LogP) is 5.11. The lowest BCUT2D eigenvalue weighted by molar-refractivity contribution is -0.132. The molecular weight excluding hydrogens is 388 g/mol. The summed E-state index contributed by atoms with van der Waals surface area (Å²) < 4.78 is 6.98. The normalized spacial score (nSPS) is 10.9. The van der Waals surface area contributed by atoms with Crippen molar-refractivity contribution in [1.29, 1.82) is 0 Å². The van der Waals surface area contributed by atoms with E-state index in [1.165, 1.54) is 0 Å². The first-order valence-electron chi connectivity index (χ1n) is 11.1. The fraction of sp³-hybridized carbons (Fsp3) is 0.385. The first kappa shape index (κ1) is 22.6. The lowest BCUT2D eigenvalue weighted by Crippen LogP contribution is -2.38. The van der Waals surface area contributed by atoms with Gasteiger partial charge in [-0.1, -0.05) is 57.0 Å². The number of fused-ring (bicyclic) bond motifs is 1. The van der Waals surface area contributed by atoms with Gasteiger partial charge in [0.25, 0.3) is 5.56 Å². The van der Waals surface area contributed by atoms with E-state index in [4.69, 9.17) is 4.74 Å². The lowest BCUT2D eigenvalue weighted by Gasteiger charge is -2.23. The Balaban J connectivity index is 2.08. The Bertz CT molecular complexity index is 1070. The Morgan fingerprint density at radius 2 is 1.65 bits per heavy atom. The Morgan fingerprint density at radius 3 is 2.26 bits per heavy atom. The number of unbranched alkanes of at least 4 members (excludes halogenated alkanes) is 2. The van der Waals surface area contributed by atoms with Crippen molar-refractivity contribution in [3.63, 3.8) is 0 Å². The predicted molar refractivity (Wildman–Crippen MR) is 127 cm³/mol. The summed E-state index contributed by atoms with van der Waals surface area (Å²) in [5.41, 5.74) is 1.99. The Morgan fingerprint density at radius 1 is 0.968 bits per heavy atom. The van der Waals surface area contributed by atoms with Gasteiger partial charge in [0, 0.05) is 24.7 Å². The summed E-state index contributed by atoms with van der Waals surface area (Å²) in [7, 11) is 1.60. The first-order valence-corrected chi connectivity index (χ1v) is 11.1. The average molecular weight is 421 g/mol. The molecule has 0 aliphatic carbocycles. The molecule has 0 saturated heterocycles. The maximum Gasteiger partial charge on any atom is 0.259 e. The average Bonchev–Trinajstić information content (AvgIpc) is 2.81. The minimum absolute atomic E-state index is 0.0154. The van der Waals surface area contributed by atoms with E-state index >= 15 is 0 Å². The molecule has 5 nitrogen and oxygen atoms in total. The third kappa shape index (κ3) is 5.35. The lowest BCUT2D eigenvalue weighted by atomic mass is 10.0. The Kier molecular flexibility index (Phi) is 7.88. The molecule has 0 unspecified atom stereocenters. The third-order valence-electron chi connectivity index (χ3n) is 5.60. The zero-order valence-corrected chi connectivity index (χ0v) is 18.8. The highest BCUT2D eigenvalue weighted by Crippen LogP contribution is 2.24. The second-order valence-electron chi connectivity index (χ2n) is 7.83. The van der Waals surface area contributed by atoms with Gasteiger partial charge in [0.15, 0.2) is 0 Å². The van der Waals surface area contributed by atoms with Gasteiger partial charge >= 0.3 is 0 Å². The first-order chi connectivity index (χ1) is 15.1. The second kappa shape index (κ2) is 10.8. The van der Waals surface area contributed by atoms with Gasteiger partial charge in [-0.05, 0) is 42.0 Å². The number of rotatable bonds is 10. The summed E-state index contributed by atoms with van der Waals surface area (Å²) in [5.74, 6) is 0.646. The highest BCUT2D eigenvalue weighted by molar-refractivity contribution is 5.87. The van der Waals surface area contributed by atoms with Gasteiger partial charge < -0.3 is 9.64 Å². The largest absolute Gasteiger partial charge is 0.497 e. The van der Waals surface area contributed by atoms with Crippen LogP contribution in [0, 0.1) is 0 Å². The minimum atomic E-state index is -0.161. The van der Waals surface area contributed by atoms with E-state index in [-0.39, 0.29) is 18.0 Å². The zero-order chi connectivity index (χ0) is 22.2. The van der Waals surface area contributed by atoms with Gasteiger partial charge in [-0.15, -0.1) is 0 Å². The molecule has 1 amide bonds. The minimum Gasteiger partial charge on any atom is -0.497 e. The van der Waals surface area contributed by atoms with Crippen molar-refractivity contribution in [2.24, 2.45) is 0 Å². The number of nitrogens with zero attached hydrogens (tertiary/aromatic N) is 2. The molecule has 3 rings (SSSR count). The number of ether oxygens (including phenoxy) is 1. The summed E-state index contributed by atoms with van der Waals surface area (Å²) in [4.78, 5) is 28.7. The number of hydrogen-bond acceptors (Lipinski definition) is 3. The van der Waals surface area contributed by atoms with Crippen LogP contribution in [0.25, 0.3) is 22.0 Å². The fourth-order valence-corrected chi connectivity index (χ4v) is 3.75. The van der Waals surface area contributed by atoms with Crippen LogP contribution < -0.4 is 10.3 Å². The molecule has 164 valence electrons. The van der Waals surface area contributed by atoms with Crippen molar-refractivity contribution in [1.82, 2.24) is 9.47 Å². The third-order valence-corrected chi connectivity index (χ3v) is 5.60. The summed E-state index contributed by atoms with van der Waals surface area (Å²) in [5, 5.41) is 0.903. The van der Waals surface area contributed by atoms with Crippen LogP contribution in [0.4, 0.5) is 0 Å². The van der Waals surface area contributed by atoms with Gasteiger partial charge in [0.05, 0.1) is 12.6 Å². The number of aromatic nitrogens is 1. The van der Waals surface area contributed by atoms with Gasteiger partial charge in [-0.3, -0.25) is 14.2 Å². The Labute approximate surface area is 184 Å². The van der Waals surface area contributed by atoms with E-state index in [2.05, 4.69) is 13.8 Å². The molecule has 2 aromatic carbocycles. The maximum absolute atomic E-state index is 13.5. The molecule has 3 aromatic rings. The van der Waals surface area contributed by atoms with Crippen molar-refractivity contribution in [3.05, 3.63) is 65.0 Å². The van der Waals surface area contributed by atoms with Gasteiger partial charge in [0.2, 0.25) is 5.91 Å². The molecular formula is C26H32N2O3. The molecule has 0 atom stereocenters. The summed E-state index contributed by atoms with van der Waals surface area (Å²) in [6.45, 7) is 5.72. The van der Waals surface area contributed by atoms with Crippen LogP contribution in [0.2, 0.25) is 0 Å². The van der Waals surface area contributed by atoms with Crippen LogP contribution in [-0.2, 0) is 11.3 Å². The van der Waals surface area contributed by atoms with Crippen LogP contribution in [0.5, 0.6) is 5.75 Å². The van der Waals surface area contributed by atoms with E-state index in [1.54, 1.807) is 11.7 Å².